The third-order valence-corrected chi connectivity index (χ3v) is 7.18. The number of fused-ring (bicyclic) bond motifs is 4. The molecule has 8 nitrogen and oxygen atoms in total. The number of hydrogen-bond acceptors (Lipinski definition) is 7. The minimum atomic E-state index is -0.175. The summed E-state index contributed by atoms with van der Waals surface area (Å²) < 4.78 is 2.42. The molecule has 6 rings (SSSR count). The normalized spacial score (nSPS) is 20.6. The lowest BCUT2D eigenvalue weighted by atomic mass is 9.81. The fourth-order valence-corrected chi connectivity index (χ4v) is 5.49. The SMILES string of the molecule is OC1CCN(c2ccc(Nc3ncc4cc5n(c4n3)C3(C=NC5)CCCCC3)nc2)CC1. The number of pyridine rings is 1. The first kappa shape index (κ1) is 19.7. The summed E-state index contributed by atoms with van der Waals surface area (Å²) in [5.41, 5.74) is 3.25. The molecule has 3 aromatic heterocycles. The molecule has 0 bridgehead atoms. The molecular weight excluding hydrogens is 402 g/mol. The highest BCUT2D eigenvalue weighted by molar-refractivity contribution is 5.82. The summed E-state index contributed by atoms with van der Waals surface area (Å²) in [6, 6.07) is 6.23. The van der Waals surface area contributed by atoms with Crippen LogP contribution in [0.1, 0.15) is 50.6 Å². The Morgan fingerprint density at radius 2 is 1.88 bits per heavy atom. The van der Waals surface area contributed by atoms with Crippen molar-refractivity contribution in [3.8, 4) is 0 Å². The maximum absolute atomic E-state index is 9.72. The number of aliphatic hydroxyl groups is 1. The van der Waals surface area contributed by atoms with Gasteiger partial charge in [0.15, 0.2) is 0 Å². The second-order valence-electron chi connectivity index (χ2n) is 9.32. The van der Waals surface area contributed by atoms with Crippen LogP contribution in [0.5, 0.6) is 0 Å². The molecule has 2 fully saturated rings. The predicted octanol–water partition coefficient (Wildman–Crippen LogP) is 3.77. The van der Waals surface area contributed by atoms with E-state index in [9.17, 15) is 5.11 Å². The molecule has 166 valence electrons. The van der Waals surface area contributed by atoms with E-state index in [1.165, 1.54) is 25.0 Å². The van der Waals surface area contributed by atoms with Crippen LogP contribution in [-0.4, -0.2) is 50.0 Å². The number of nitrogens with zero attached hydrogens (tertiary/aromatic N) is 6. The van der Waals surface area contributed by atoms with Crippen LogP contribution < -0.4 is 10.2 Å². The van der Waals surface area contributed by atoms with E-state index >= 15 is 0 Å². The van der Waals surface area contributed by atoms with Crippen molar-refractivity contribution in [2.75, 3.05) is 23.3 Å². The van der Waals surface area contributed by atoms with Crippen LogP contribution in [0.25, 0.3) is 11.0 Å². The molecule has 0 atom stereocenters. The van der Waals surface area contributed by atoms with Crippen LogP contribution in [0, 0.1) is 0 Å². The van der Waals surface area contributed by atoms with Gasteiger partial charge < -0.3 is 19.9 Å². The smallest absolute Gasteiger partial charge is 0.230 e. The topological polar surface area (TPSA) is 91.5 Å². The summed E-state index contributed by atoms with van der Waals surface area (Å²) >= 11 is 0. The summed E-state index contributed by atoms with van der Waals surface area (Å²) in [6.07, 6.45) is 13.4. The number of aliphatic hydroxyl groups excluding tert-OH is 1. The van der Waals surface area contributed by atoms with E-state index in [1.807, 2.05) is 18.5 Å². The lowest BCUT2D eigenvalue weighted by molar-refractivity contribution is 0.145. The quantitative estimate of drug-likeness (QED) is 0.656. The molecule has 1 saturated heterocycles. The van der Waals surface area contributed by atoms with Crippen LogP contribution in [0.2, 0.25) is 0 Å². The Kier molecular flexibility index (Phi) is 4.82. The Balaban J connectivity index is 1.27. The van der Waals surface area contributed by atoms with E-state index in [4.69, 9.17) is 9.98 Å². The van der Waals surface area contributed by atoms with Crippen LogP contribution in [0.15, 0.2) is 35.6 Å². The Hall–Kier alpha value is -3.00. The summed E-state index contributed by atoms with van der Waals surface area (Å²) in [5, 5.41) is 14.1. The second-order valence-corrected chi connectivity index (χ2v) is 9.32. The van der Waals surface area contributed by atoms with Gasteiger partial charge in [0, 0.05) is 36.6 Å². The molecule has 1 saturated carbocycles. The fourth-order valence-electron chi connectivity index (χ4n) is 5.49. The van der Waals surface area contributed by atoms with E-state index in [1.54, 1.807) is 0 Å². The molecule has 0 radical (unpaired) electrons. The Labute approximate surface area is 187 Å². The number of anilines is 3. The van der Waals surface area contributed by atoms with Crippen LogP contribution in [0.3, 0.4) is 0 Å². The average Bonchev–Trinajstić information content (AvgIpc) is 3.20. The van der Waals surface area contributed by atoms with E-state index in [2.05, 4.69) is 43.1 Å². The van der Waals surface area contributed by atoms with Gasteiger partial charge in [0.2, 0.25) is 5.95 Å². The number of aliphatic imine (C=N–C) groups is 1. The van der Waals surface area contributed by atoms with Crippen molar-refractivity contribution in [2.24, 2.45) is 4.99 Å². The third-order valence-electron chi connectivity index (χ3n) is 7.18. The average molecular weight is 432 g/mol. The number of rotatable bonds is 3. The molecule has 32 heavy (non-hydrogen) atoms. The number of aromatic nitrogens is 4. The van der Waals surface area contributed by atoms with E-state index < -0.39 is 0 Å². The van der Waals surface area contributed by atoms with Crippen molar-refractivity contribution < 1.29 is 5.11 Å². The van der Waals surface area contributed by atoms with Gasteiger partial charge in [0.1, 0.15) is 11.5 Å². The zero-order valence-electron chi connectivity index (χ0n) is 18.2. The minimum Gasteiger partial charge on any atom is -0.393 e. The van der Waals surface area contributed by atoms with Crippen LogP contribution in [0.4, 0.5) is 17.5 Å². The molecule has 2 N–H and O–H groups in total. The zero-order chi connectivity index (χ0) is 21.5. The molecule has 5 heterocycles. The molecule has 0 aromatic carbocycles. The van der Waals surface area contributed by atoms with Gasteiger partial charge in [-0.3, -0.25) is 4.99 Å². The lowest BCUT2D eigenvalue weighted by Gasteiger charge is -2.39. The predicted molar refractivity (Wildman–Crippen MR) is 126 cm³/mol. The molecule has 3 aliphatic rings. The van der Waals surface area contributed by atoms with Crippen molar-refractivity contribution in [2.45, 2.75) is 63.1 Å². The first-order chi connectivity index (χ1) is 15.7. The number of hydrogen-bond donors (Lipinski definition) is 2. The van der Waals surface area contributed by atoms with Gasteiger partial charge in [0.25, 0.3) is 0 Å². The van der Waals surface area contributed by atoms with E-state index in [0.29, 0.717) is 12.5 Å². The highest BCUT2D eigenvalue weighted by atomic mass is 16.3. The van der Waals surface area contributed by atoms with Gasteiger partial charge >= 0.3 is 0 Å². The molecule has 0 amide bonds. The molecule has 3 aromatic rings. The lowest BCUT2D eigenvalue weighted by Crippen LogP contribution is -2.40. The van der Waals surface area contributed by atoms with Crippen molar-refractivity contribution in [3.63, 3.8) is 0 Å². The maximum Gasteiger partial charge on any atom is 0.230 e. The van der Waals surface area contributed by atoms with Crippen molar-refractivity contribution >= 4 is 34.7 Å². The highest BCUT2D eigenvalue weighted by Gasteiger charge is 2.37. The fraction of sp³-hybridized carbons (Fsp3) is 0.500. The van der Waals surface area contributed by atoms with Gasteiger partial charge in [-0.25, -0.2) is 9.97 Å². The standard InChI is InChI=1S/C24H29N7O/c32-20-6-10-30(11-7-20)18-4-5-21(26-15-18)28-23-27-13-17-12-19-14-25-16-24(8-2-1-3-9-24)31(19)22(17)29-23/h4-5,12-13,15-16,20,32H,1-3,6-11,14H2,(H,26,27,28,29). The summed E-state index contributed by atoms with van der Waals surface area (Å²) in [5.74, 6) is 1.29. The summed E-state index contributed by atoms with van der Waals surface area (Å²) in [4.78, 5) is 21.0. The van der Waals surface area contributed by atoms with Gasteiger partial charge in [0.05, 0.1) is 30.1 Å². The number of nitrogens with one attached hydrogen (secondary N) is 1. The third kappa shape index (κ3) is 3.43. The van der Waals surface area contributed by atoms with Gasteiger partial charge in [-0.2, -0.15) is 4.98 Å². The minimum absolute atomic E-state index is 0.0406. The monoisotopic (exact) mass is 431 g/mol. The summed E-state index contributed by atoms with van der Waals surface area (Å²) in [6.45, 7) is 2.43. The maximum atomic E-state index is 9.72. The van der Waals surface area contributed by atoms with Crippen LogP contribution >= 0.6 is 0 Å². The number of piperidine rings is 1. The molecular formula is C24H29N7O. The Morgan fingerprint density at radius 3 is 2.66 bits per heavy atom. The molecule has 8 heteroatoms. The first-order valence-corrected chi connectivity index (χ1v) is 11.8. The second kappa shape index (κ2) is 7.85. The Bertz CT molecular complexity index is 1140. The van der Waals surface area contributed by atoms with E-state index in [-0.39, 0.29) is 11.6 Å². The molecule has 1 aliphatic carbocycles. The van der Waals surface area contributed by atoms with E-state index in [0.717, 1.165) is 61.3 Å². The molecule has 2 aliphatic heterocycles. The van der Waals surface area contributed by atoms with Crippen molar-refractivity contribution in [3.05, 3.63) is 36.3 Å². The largest absolute Gasteiger partial charge is 0.393 e. The van der Waals surface area contributed by atoms with Crippen molar-refractivity contribution in [1.82, 2.24) is 19.5 Å². The van der Waals surface area contributed by atoms with Crippen LogP contribution in [-0.2, 0) is 12.1 Å². The van der Waals surface area contributed by atoms with Gasteiger partial charge in [-0.05, 0) is 43.9 Å². The highest BCUT2D eigenvalue weighted by Crippen LogP contribution is 2.39. The summed E-state index contributed by atoms with van der Waals surface area (Å²) in [7, 11) is 0. The first-order valence-electron chi connectivity index (χ1n) is 11.8. The van der Waals surface area contributed by atoms with Crippen molar-refractivity contribution in [1.29, 1.82) is 0 Å². The molecule has 1 spiro atoms. The molecule has 0 unspecified atom stereocenters. The van der Waals surface area contributed by atoms with Gasteiger partial charge in [-0.1, -0.05) is 19.3 Å². The van der Waals surface area contributed by atoms with Gasteiger partial charge in [-0.15, -0.1) is 0 Å². The Morgan fingerprint density at radius 1 is 1.03 bits per heavy atom. The zero-order valence-corrected chi connectivity index (χ0v) is 18.2.